The molecule has 1 N–H and O–H groups in total. The summed E-state index contributed by atoms with van der Waals surface area (Å²) in [5.74, 6) is 0.149. The Kier molecular flexibility index (Phi) is 4.02. The molecule has 132 valence electrons. The first-order chi connectivity index (χ1) is 12.1. The molecule has 2 heterocycles. The number of hydrogen-bond acceptors (Lipinski definition) is 3. The summed E-state index contributed by atoms with van der Waals surface area (Å²) in [4.78, 5) is 15.4. The van der Waals surface area contributed by atoms with Crippen molar-refractivity contribution in [2.45, 2.75) is 52.1 Å². The first-order valence-electron chi connectivity index (χ1n) is 9.22. The number of nitrogens with zero attached hydrogens (tertiary/aromatic N) is 3. The van der Waals surface area contributed by atoms with Crippen LogP contribution in [0.15, 0.2) is 18.2 Å². The number of aryl methyl sites for hydroxylation is 3. The number of nitrogens with one attached hydrogen (secondary N) is 1. The number of rotatable bonds is 4. The quantitative estimate of drug-likeness (QED) is 0.931. The summed E-state index contributed by atoms with van der Waals surface area (Å²) < 4.78 is 1.91. The van der Waals surface area contributed by atoms with Crippen LogP contribution in [-0.2, 0) is 20.0 Å². The number of aromatic nitrogens is 2. The molecule has 1 saturated carbocycles. The fraction of sp³-hybridized carbons (Fsp3) is 0.500. The molecule has 1 aliphatic heterocycles. The molecule has 0 saturated heterocycles. The largest absolute Gasteiger partial charge is 0.384 e. The van der Waals surface area contributed by atoms with Crippen LogP contribution in [0.1, 0.15) is 52.1 Å². The first kappa shape index (κ1) is 16.2. The minimum Gasteiger partial charge on any atom is -0.384 e. The predicted octanol–water partition coefficient (Wildman–Crippen LogP) is 3.20. The average molecular weight is 338 g/mol. The number of carbonyl (C=O) groups is 1. The molecule has 0 bridgehead atoms. The third-order valence-corrected chi connectivity index (χ3v) is 5.54. The monoisotopic (exact) mass is 338 g/mol. The van der Waals surface area contributed by atoms with E-state index in [9.17, 15) is 4.79 Å². The fourth-order valence-corrected chi connectivity index (χ4v) is 3.81. The van der Waals surface area contributed by atoms with Crippen LogP contribution >= 0.6 is 0 Å². The predicted molar refractivity (Wildman–Crippen MR) is 98.8 cm³/mol. The van der Waals surface area contributed by atoms with E-state index in [1.54, 1.807) is 0 Å². The van der Waals surface area contributed by atoms with Gasteiger partial charge in [-0.05, 0) is 51.2 Å². The van der Waals surface area contributed by atoms with Gasteiger partial charge in [-0.25, -0.2) is 0 Å². The number of anilines is 1. The third kappa shape index (κ3) is 2.92. The van der Waals surface area contributed by atoms with Crippen molar-refractivity contribution in [3.05, 3.63) is 46.3 Å². The number of fused-ring (bicyclic) bond motifs is 1. The maximum atomic E-state index is 13.4. The van der Waals surface area contributed by atoms with Crippen LogP contribution in [-0.4, -0.2) is 33.2 Å². The van der Waals surface area contributed by atoms with Crippen molar-refractivity contribution in [3.8, 4) is 0 Å². The minimum absolute atomic E-state index is 0.149. The van der Waals surface area contributed by atoms with E-state index in [1.165, 1.54) is 11.1 Å². The summed E-state index contributed by atoms with van der Waals surface area (Å²) >= 11 is 0. The van der Waals surface area contributed by atoms with Crippen molar-refractivity contribution in [2.24, 2.45) is 7.05 Å². The second-order valence-electron chi connectivity index (χ2n) is 7.31. The molecule has 0 unspecified atom stereocenters. The second kappa shape index (κ2) is 6.21. The molecular formula is C20H26N4O. The highest BCUT2D eigenvalue weighted by Crippen LogP contribution is 2.34. The van der Waals surface area contributed by atoms with Crippen molar-refractivity contribution in [2.75, 3.05) is 11.9 Å². The van der Waals surface area contributed by atoms with Gasteiger partial charge in [0.25, 0.3) is 5.91 Å². The van der Waals surface area contributed by atoms with Gasteiger partial charge in [0.1, 0.15) is 0 Å². The van der Waals surface area contributed by atoms with Gasteiger partial charge in [0.15, 0.2) is 0 Å². The summed E-state index contributed by atoms with van der Waals surface area (Å²) in [6.45, 7) is 5.71. The van der Waals surface area contributed by atoms with E-state index in [4.69, 9.17) is 0 Å². The number of hydrogen-bond donors (Lipinski definition) is 1. The summed E-state index contributed by atoms with van der Waals surface area (Å²) in [5, 5.41) is 7.97. The van der Waals surface area contributed by atoms with Crippen LogP contribution < -0.4 is 5.32 Å². The van der Waals surface area contributed by atoms with E-state index in [2.05, 4.69) is 28.3 Å². The van der Waals surface area contributed by atoms with E-state index in [0.29, 0.717) is 12.6 Å². The molecule has 2 aromatic rings. The molecule has 0 radical (unpaired) electrons. The molecule has 1 aromatic carbocycles. The van der Waals surface area contributed by atoms with E-state index in [1.807, 2.05) is 30.8 Å². The third-order valence-electron chi connectivity index (χ3n) is 5.54. The zero-order valence-electron chi connectivity index (χ0n) is 15.3. The average Bonchev–Trinajstić information content (AvgIpc) is 3.42. The summed E-state index contributed by atoms with van der Waals surface area (Å²) in [6, 6.07) is 6.49. The maximum absolute atomic E-state index is 13.4. The Morgan fingerprint density at radius 3 is 2.84 bits per heavy atom. The zero-order valence-corrected chi connectivity index (χ0v) is 15.3. The van der Waals surface area contributed by atoms with Gasteiger partial charge >= 0.3 is 0 Å². The van der Waals surface area contributed by atoms with E-state index >= 15 is 0 Å². The molecule has 5 heteroatoms. The van der Waals surface area contributed by atoms with E-state index < -0.39 is 0 Å². The van der Waals surface area contributed by atoms with Crippen LogP contribution in [0.3, 0.4) is 0 Å². The van der Waals surface area contributed by atoms with E-state index in [-0.39, 0.29) is 5.91 Å². The molecule has 2 aliphatic rings. The van der Waals surface area contributed by atoms with Crippen molar-refractivity contribution < 1.29 is 4.79 Å². The maximum Gasteiger partial charge on any atom is 0.256 e. The SMILES string of the molecule is Cc1nn(C)c(C)c1CN(C(=O)c1cccc2c1NCCC2)C1CC1. The van der Waals surface area contributed by atoms with Gasteiger partial charge in [0.2, 0.25) is 0 Å². The van der Waals surface area contributed by atoms with Gasteiger partial charge in [-0.1, -0.05) is 12.1 Å². The topological polar surface area (TPSA) is 50.2 Å². The van der Waals surface area contributed by atoms with Crippen molar-refractivity contribution in [1.82, 2.24) is 14.7 Å². The summed E-state index contributed by atoms with van der Waals surface area (Å²) in [5.41, 5.74) is 6.48. The van der Waals surface area contributed by atoms with Gasteiger partial charge in [-0.15, -0.1) is 0 Å². The molecule has 1 aliphatic carbocycles. The molecule has 5 nitrogen and oxygen atoms in total. The number of benzene rings is 1. The van der Waals surface area contributed by atoms with Gasteiger partial charge in [0.05, 0.1) is 16.9 Å². The Hall–Kier alpha value is -2.30. The lowest BCUT2D eigenvalue weighted by atomic mass is 9.98. The van der Waals surface area contributed by atoms with Gasteiger partial charge in [-0.2, -0.15) is 5.10 Å². The smallest absolute Gasteiger partial charge is 0.256 e. The second-order valence-corrected chi connectivity index (χ2v) is 7.31. The Morgan fingerprint density at radius 2 is 2.16 bits per heavy atom. The minimum atomic E-state index is 0.149. The highest BCUT2D eigenvalue weighted by molar-refractivity contribution is 6.00. The van der Waals surface area contributed by atoms with Gasteiger partial charge < -0.3 is 10.2 Å². The highest BCUT2D eigenvalue weighted by atomic mass is 16.2. The Labute approximate surface area is 149 Å². The summed E-state index contributed by atoms with van der Waals surface area (Å²) in [7, 11) is 1.96. The highest BCUT2D eigenvalue weighted by Gasteiger charge is 2.35. The summed E-state index contributed by atoms with van der Waals surface area (Å²) in [6.07, 6.45) is 4.39. The molecule has 1 amide bonds. The van der Waals surface area contributed by atoms with Crippen LogP contribution in [0, 0.1) is 13.8 Å². The fourth-order valence-electron chi connectivity index (χ4n) is 3.81. The molecule has 1 aromatic heterocycles. The standard InChI is InChI=1S/C20H26N4O/c1-13-18(14(2)23(3)22-13)12-24(16-9-10-16)20(25)17-8-4-6-15-7-5-11-21-19(15)17/h4,6,8,16,21H,5,7,9-12H2,1-3H3. The molecule has 0 spiro atoms. The van der Waals surface area contributed by atoms with Crippen molar-refractivity contribution >= 4 is 11.6 Å². The molecular weight excluding hydrogens is 312 g/mol. The first-order valence-corrected chi connectivity index (χ1v) is 9.22. The van der Waals surface area contributed by atoms with Crippen LogP contribution in [0.25, 0.3) is 0 Å². The normalized spacial score (nSPS) is 16.3. The Balaban J connectivity index is 1.67. The van der Waals surface area contributed by atoms with Crippen molar-refractivity contribution in [3.63, 3.8) is 0 Å². The van der Waals surface area contributed by atoms with Crippen LogP contribution in [0.2, 0.25) is 0 Å². The molecule has 25 heavy (non-hydrogen) atoms. The number of carbonyl (C=O) groups excluding carboxylic acids is 1. The van der Waals surface area contributed by atoms with Crippen LogP contribution in [0.5, 0.6) is 0 Å². The molecule has 4 rings (SSSR count). The van der Waals surface area contributed by atoms with Crippen molar-refractivity contribution in [1.29, 1.82) is 0 Å². The Morgan fingerprint density at radius 1 is 1.36 bits per heavy atom. The number of amides is 1. The van der Waals surface area contributed by atoms with Crippen LogP contribution in [0.4, 0.5) is 5.69 Å². The molecule has 1 fully saturated rings. The van der Waals surface area contributed by atoms with Gasteiger partial charge in [0, 0.05) is 37.4 Å². The molecule has 0 atom stereocenters. The number of para-hydroxylation sites is 1. The lowest BCUT2D eigenvalue weighted by Crippen LogP contribution is -2.34. The lowest BCUT2D eigenvalue weighted by molar-refractivity contribution is 0.0730. The van der Waals surface area contributed by atoms with Gasteiger partial charge in [-0.3, -0.25) is 9.48 Å². The lowest BCUT2D eigenvalue weighted by Gasteiger charge is -2.26. The zero-order chi connectivity index (χ0) is 17.6. The van der Waals surface area contributed by atoms with E-state index in [0.717, 1.165) is 54.9 Å². The Bertz CT molecular complexity index is 819.